The minimum atomic E-state index is -0.495. The number of hydrogen-bond acceptors (Lipinski definition) is 4. The van der Waals surface area contributed by atoms with Gasteiger partial charge in [-0.25, -0.2) is 9.59 Å². The first kappa shape index (κ1) is 26.7. The minimum absolute atomic E-state index is 0.372. The van der Waals surface area contributed by atoms with Gasteiger partial charge >= 0.3 is 11.9 Å². The summed E-state index contributed by atoms with van der Waals surface area (Å²) in [5.41, 5.74) is 0. The number of esters is 2. The molecule has 0 spiro atoms. The second-order valence-electron chi connectivity index (χ2n) is 7.62. The van der Waals surface area contributed by atoms with Crippen LogP contribution in [0.1, 0.15) is 117 Å². The van der Waals surface area contributed by atoms with E-state index in [0.717, 1.165) is 31.4 Å². The van der Waals surface area contributed by atoms with Crippen LogP contribution in [-0.2, 0) is 19.1 Å². The number of unbranched alkanes of at least 4 members (excludes halogenated alkanes) is 14. The van der Waals surface area contributed by atoms with E-state index in [1.54, 1.807) is 0 Å². The van der Waals surface area contributed by atoms with Crippen LogP contribution in [0.3, 0.4) is 0 Å². The molecule has 0 aliphatic heterocycles. The maximum absolute atomic E-state index is 11.5. The first-order valence-corrected chi connectivity index (χ1v) is 11.7. The molecule has 0 aromatic heterocycles. The van der Waals surface area contributed by atoms with Crippen molar-refractivity contribution in [3.63, 3.8) is 0 Å². The Kier molecular flexibility index (Phi) is 20.9. The molecular formula is C24H44O4. The monoisotopic (exact) mass is 396 g/mol. The standard InChI is InChI=1S/C24H44O4/c1-3-5-6-7-8-9-10-11-12-13-14-15-16-17-18-22-28-24(26)20-19-23(25)27-21-4-2/h19-20H,3-18,21-22H2,1-2H3/b20-19+. The molecule has 0 saturated heterocycles. The molecule has 0 rings (SSSR count). The molecule has 4 heteroatoms. The molecule has 28 heavy (non-hydrogen) atoms. The van der Waals surface area contributed by atoms with Gasteiger partial charge in [-0.2, -0.15) is 0 Å². The van der Waals surface area contributed by atoms with Crippen molar-refractivity contribution in [3.05, 3.63) is 12.2 Å². The molecule has 0 saturated carbocycles. The highest BCUT2D eigenvalue weighted by molar-refractivity contribution is 5.91. The van der Waals surface area contributed by atoms with Crippen molar-refractivity contribution in [2.45, 2.75) is 117 Å². The Bertz CT molecular complexity index is 390. The highest BCUT2D eigenvalue weighted by Crippen LogP contribution is 2.13. The SMILES string of the molecule is CCCCCCCCCCCCCCCCCOC(=O)/C=C/C(=O)OCCC. The summed E-state index contributed by atoms with van der Waals surface area (Å²) < 4.78 is 9.92. The van der Waals surface area contributed by atoms with E-state index in [1.165, 1.54) is 83.5 Å². The number of hydrogen-bond donors (Lipinski definition) is 0. The molecule has 4 nitrogen and oxygen atoms in total. The molecule has 0 unspecified atom stereocenters. The summed E-state index contributed by atoms with van der Waals surface area (Å²) in [6.07, 6.45) is 22.7. The maximum atomic E-state index is 11.5. The Morgan fingerprint density at radius 3 is 1.25 bits per heavy atom. The van der Waals surface area contributed by atoms with Crippen LogP contribution >= 0.6 is 0 Å². The van der Waals surface area contributed by atoms with Crippen molar-refractivity contribution in [2.24, 2.45) is 0 Å². The highest BCUT2D eigenvalue weighted by Gasteiger charge is 2.00. The van der Waals surface area contributed by atoms with E-state index in [4.69, 9.17) is 9.47 Å². The van der Waals surface area contributed by atoms with Crippen molar-refractivity contribution in [1.82, 2.24) is 0 Å². The first-order valence-electron chi connectivity index (χ1n) is 11.7. The molecule has 0 heterocycles. The molecule has 0 atom stereocenters. The van der Waals surface area contributed by atoms with Crippen LogP contribution in [0.2, 0.25) is 0 Å². The fourth-order valence-corrected chi connectivity index (χ4v) is 3.08. The normalized spacial score (nSPS) is 11.1. The van der Waals surface area contributed by atoms with Crippen LogP contribution < -0.4 is 0 Å². The van der Waals surface area contributed by atoms with Gasteiger partial charge in [0.1, 0.15) is 0 Å². The summed E-state index contributed by atoms with van der Waals surface area (Å²) in [5, 5.41) is 0. The average molecular weight is 397 g/mol. The van der Waals surface area contributed by atoms with E-state index in [1.807, 2.05) is 6.92 Å². The van der Waals surface area contributed by atoms with E-state index < -0.39 is 11.9 Å². The summed E-state index contributed by atoms with van der Waals surface area (Å²) >= 11 is 0. The van der Waals surface area contributed by atoms with E-state index in [0.29, 0.717) is 13.2 Å². The largest absolute Gasteiger partial charge is 0.463 e. The predicted molar refractivity (Wildman–Crippen MR) is 116 cm³/mol. The van der Waals surface area contributed by atoms with Crippen LogP contribution in [0, 0.1) is 0 Å². The summed E-state index contributed by atoms with van der Waals surface area (Å²) in [5.74, 6) is -0.968. The van der Waals surface area contributed by atoms with Gasteiger partial charge in [-0.15, -0.1) is 0 Å². The lowest BCUT2D eigenvalue weighted by Gasteiger charge is -2.04. The van der Waals surface area contributed by atoms with Crippen LogP contribution in [-0.4, -0.2) is 25.2 Å². The Morgan fingerprint density at radius 2 is 0.857 bits per heavy atom. The van der Waals surface area contributed by atoms with Gasteiger partial charge in [-0.05, 0) is 12.8 Å². The molecule has 0 radical (unpaired) electrons. The summed E-state index contributed by atoms with van der Waals surface area (Å²) in [6, 6.07) is 0. The molecule has 0 N–H and O–H groups in total. The maximum Gasteiger partial charge on any atom is 0.331 e. The topological polar surface area (TPSA) is 52.6 Å². The number of rotatable bonds is 20. The van der Waals surface area contributed by atoms with Crippen LogP contribution in [0.25, 0.3) is 0 Å². The van der Waals surface area contributed by atoms with Crippen molar-refractivity contribution in [3.8, 4) is 0 Å². The summed E-state index contributed by atoms with van der Waals surface area (Å²) in [7, 11) is 0. The highest BCUT2D eigenvalue weighted by atomic mass is 16.5. The molecule has 0 aliphatic rings. The van der Waals surface area contributed by atoms with Crippen LogP contribution in [0.5, 0.6) is 0 Å². The number of carbonyl (C=O) groups excluding carboxylic acids is 2. The zero-order valence-corrected chi connectivity index (χ0v) is 18.5. The van der Waals surface area contributed by atoms with Gasteiger partial charge in [0.25, 0.3) is 0 Å². The quantitative estimate of drug-likeness (QED) is 0.127. The third kappa shape index (κ3) is 21.0. The molecule has 0 amide bonds. The van der Waals surface area contributed by atoms with Gasteiger partial charge in [0, 0.05) is 12.2 Å². The third-order valence-electron chi connectivity index (χ3n) is 4.80. The van der Waals surface area contributed by atoms with Crippen molar-refractivity contribution < 1.29 is 19.1 Å². The van der Waals surface area contributed by atoms with E-state index >= 15 is 0 Å². The van der Waals surface area contributed by atoms with Gasteiger partial charge in [-0.1, -0.05) is 104 Å². The second-order valence-corrected chi connectivity index (χ2v) is 7.62. The van der Waals surface area contributed by atoms with Crippen LogP contribution in [0.15, 0.2) is 12.2 Å². The fourth-order valence-electron chi connectivity index (χ4n) is 3.08. The van der Waals surface area contributed by atoms with E-state index in [-0.39, 0.29) is 0 Å². The molecule has 0 fully saturated rings. The third-order valence-corrected chi connectivity index (χ3v) is 4.80. The molecule has 0 aromatic rings. The second kappa shape index (κ2) is 22.0. The molecule has 164 valence electrons. The van der Waals surface area contributed by atoms with Gasteiger partial charge in [0.05, 0.1) is 13.2 Å². The van der Waals surface area contributed by atoms with Gasteiger partial charge in [0.15, 0.2) is 0 Å². The van der Waals surface area contributed by atoms with Crippen molar-refractivity contribution >= 4 is 11.9 Å². The number of ether oxygens (including phenoxy) is 2. The summed E-state index contributed by atoms with van der Waals surface area (Å²) in [4.78, 5) is 22.7. The first-order chi connectivity index (χ1) is 13.7. The zero-order chi connectivity index (χ0) is 20.7. The Morgan fingerprint density at radius 1 is 0.500 bits per heavy atom. The van der Waals surface area contributed by atoms with Crippen LogP contribution in [0.4, 0.5) is 0 Å². The zero-order valence-electron chi connectivity index (χ0n) is 18.5. The van der Waals surface area contributed by atoms with Gasteiger partial charge in [-0.3, -0.25) is 0 Å². The molecular weight excluding hydrogens is 352 g/mol. The van der Waals surface area contributed by atoms with Gasteiger partial charge < -0.3 is 9.47 Å². The van der Waals surface area contributed by atoms with E-state index in [2.05, 4.69) is 6.92 Å². The molecule has 0 aromatic carbocycles. The van der Waals surface area contributed by atoms with Crippen molar-refractivity contribution in [1.29, 1.82) is 0 Å². The molecule has 0 aliphatic carbocycles. The fraction of sp³-hybridized carbons (Fsp3) is 0.833. The predicted octanol–water partition coefficient (Wildman–Crippen LogP) is 6.91. The smallest absolute Gasteiger partial charge is 0.331 e. The minimum Gasteiger partial charge on any atom is -0.463 e. The lowest BCUT2D eigenvalue weighted by atomic mass is 10.0. The van der Waals surface area contributed by atoms with E-state index in [9.17, 15) is 9.59 Å². The molecule has 0 bridgehead atoms. The Balaban J connectivity index is 3.26. The Hall–Kier alpha value is -1.32. The van der Waals surface area contributed by atoms with Gasteiger partial charge in [0.2, 0.25) is 0 Å². The summed E-state index contributed by atoms with van der Waals surface area (Å²) in [6.45, 7) is 4.98. The lowest BCUT2D eigenvalue weighted by Crippen LogP contribution is -2.05. The Labute approximate surface area is 173 Å². The number of carbonyl (C=O) groups is 2. The van der Waals surface area contributed by atoms with Crippen molar-refractivity contribution in [2.75, 3.05) is 13.2 Å². The average Bonchev–Trinajstić information content (AvgIpc) is 2.70. The lowest BCUT2D eigenvalue weighted by molar-refractivity contribution is -0.140.